The van der Waals surface area contributed by atoms with Crippen LogP contribution in [0.1, 0.15) is 51.9 Å². The van der Waals surface area contributed by atoms with Gasteiger partial charge in [-0.2, -0.15) is 0 Å². The van der Waals surface area contributed by atoms with Crippen LogP contribution in [-0.4, -0.2) is 56.1 Å². The van der Waals surface area contributed by atoms with E-state index in [1.165, 1.54) is 0 Å². The van der Waals surface area contributed by atoms with Gasteiger partial charge in [0.1, 0.15) is 11.9 Å². The van der Waals surface area contributed by atoms with E-state index >= 15 is 0 Å². The van der Waals surface area contributed by atoms with E-state index < -0.39 is 0 Å². The molecule has 0 spiro atoms. The number of nitrogens with zero attached hydrogens (tertiary/aromatic N) is 1. The summed E-state index contributed by atoms with van der Waals surface area (Å²) in [6, 6.07) is 0. The van der Waals surface area contributed by atoms with E-state index in [2.05, 4.69) is 0 Å². The molecule has 0 radical (unpaired) electrons. The smallest absolute Gasteiger partial charge is 0.222 e. The molecule has 1 amide bonds. The van der Waals surface area contributed by atoms with Gasteiger partial charge in [0.2, 0.25) is 5.91 Å². The van der Waals surface area contributed by atoms with E-state index in [0.29, 0.717) is 32.2 Å². The van der Waals surface area contributed by atoms with Crippen LogP contribution >= 0.6 is 0 Å². The van der Waals surface area contributed by atoms with Crippen LogP contribution in [0, 0.1) is 0 Å². The third-order valence-corrected chi connectivity index (χ3v) is 4.18. The molecule has 5 heteroatoms. The normalized spacial score (nSPS) is 23.5. The zero-order chi connectivity index (χ0) is 15.7. The second-order valence-corrected chi connectivity index (χ2v) is 5.63. The Morgan fingerprint density at radius 2 is 1.81 bits per heavy atom. The standard InChI is InChI=1S/C16H29NO4/c1-4-13(18)8-7-10-16(19)17-11-6-5-9-14(20-2)15(12-17)21-3/h14-15H,4-12H2,1-3H3. The summed E-state index contributed by atoms with van der Waals surface area (Å²) >= 11 is 0. The lowest BCUT2D eigenvalue weighted by Crippen LogP contribution is -2.45. The summed E-state index contributed by atoms with van der Waals surface area (Å²) in [5.41, 5.74) is 0. The van der Waals surface area contributed by atoms with Crippen molar-refractivity contribution in [2.45, 2.75) is 64.1 Å². The summed E-state index contributed by atoms with van der Waals surface area (Å²) < 4.78 is 11.0. The molecule has 0 bridgehead atoms. The molecule has 1 rings (SSSR count). The van der Waals surface area contributed by atoms with Crippen LogP contribution in [-0.2, 0) is 19.1 Å². The first-order chi connectivity index (χ1) is 10.1. The van der Waals surface area contributed by atoms with Crippen LogP contribution in [0.3, 0.4) is 0 Å². The average molecular weight is 299 g/mol. The van der Waals surface area contributed by atoms with E-state index in [1.807, 2.05) is 11.8 Å². The number of methoxy groups -OCH3 is 2. The van der Waals surface area contributed by atoms with Crippen LogP contribution in [0.15, 0.2) is 0 Å². The number of carbonyl (C=O) groups is 2. The summed E-state index contributed by atoms with van der Waals surface area (Å²) in [5, 5.41) is 0. The molecule has 0 N–H and O–H groups in total. The zero-order valence-electron chi connectivity index (χ0n) is 13.6. The topological polar surface area (TPSA) is 55.8 Å². The maximum absolute atomic E-state index is 12.3. The van der Waals surface area contributed by atoms with Gasteiger partial charge in [0.05, 0.1) is 6.10 Å². The molecule has 0 aromatic carbocycles. The third kappa shape index (κ3) is 6.14. The van der Waals surface area contributed by atoms with E-state index in [9.17, 15) is 9.59 Å². The van der Waals surface area contributed by atoms with Crippen molar-refractivity contribution in [1.82, 2.24) is 4.90 Å². The number of carbonyl (C=O) groups excluding carboxylic acids is 2. The van der Waals surface area contributed by atoms with Crippen LogP contribution in [0.25, 0.3) is 0 Å². The minimum atomic E-state index is -0.0727. The highest BCUT2D eigenvalue weighted by Gasteiger charge is 2.27. The maximum Gasteiger partial charge on any atom is 0.222 e. The number of hydrogen-bond acceptors (Lipinski definition) is 4. The molecule has 122 valence electrons. The van der Waals surface area contributed by atoms with E-state index in [0.717, 1.165) is 25.8 Å². The van der Waals surface area contributed by atoms with E-state index in [4.69, 9.17) is 9.47 Å². The molecule has 0 aromatic rings. The summed E-state index contributed by atoms with van der Waals surface area (Å²) in [4.78, 5) is 25.5. The number of likely N-dealkylation sites (tertiary alicyclic amines) is 1. The summed E-state index contributed by atoms with van der Waals surface area (Å²) in [6.07, 6.45) is 5.13. The van der Waals surface area contributed by atoms with E-state index in [-0.39, 0.29) is 23.9 Å². The molecule has 21 heavy (non-hydrogen) atoms. The lowest BCUT2D eigenvalue weighted by Gasteiger charge is -2.33. The summed E-state index contributed by atoms with van der Waals surface area (Å²) in [5.74, 6) is 0.349. The Kier molecular flexibility index (Phi) is 8.54. The Labute approximate surface area is 128 Å². The highest BCUT2D eigenvalue weighted by atomic mass is 16.5. The van der Waals surface area contributed by atoms with Crippen LogP contribution in [0.2, 0.25) is 0 Å². The predicted octanol–water partition coefficient (Wildman–Crippen LogP) is 2.18. The summed E-state index contributed by atoms with van der Waals surface area (Å²) in [6.45, 7) is 3.21. The summed E-state index contributed by atoms with van der Waals surface area (Å²) in [7, 11) is 3.36. The van der Waals surface area contributed by atoms with Gasteiger partial charge in [0.25, 0.3) is 0 Å². The predicted molar refractivity (Wildman–Crippen MR) is 81.2 cm³/mol. The molecule has 1 saturated heterocycles. The Morgan fingerprint density at radius 1 is 1.10 bits per heavy atom. The Hall–Kier alpha value is -0.940. The number of ketones is 1. The van der Waals surface area contributed by atoms with Gasteiger partial charge < -0.3 is 14.4 Å². The number of Topliss-reactive ketones (excluding diaryl/α,β-unsaturated/α-hetero) is 1. The van der Waals surface area contributed by atoms with Crippen molar-refractivity contribution < 1.29 is 19.1 Å². The van der Waals surface area contributed by atoms with Gasteiger partial charge >= 0.3 is 0 Å². The third-order valence-electron chi connectivity index (χ3n) is 4.18. The van der Waals surface area contributed by atoms with Gasteiger partial charge in [0, 0.05) is 46.6 Å². The average Bonchev–Trinajstić information content (AvgIpc) is 2.47. The number of amides is 1. The van der Waals surface area contributed by atoms with Crippen molar-refractivity contribution in [2.75, 3.05) is 27.3 Å². The molecule has 2 atom stereocenters. The van der Waals surface area contributed by atoms with Crippen molar-refractivity contribution >= 4 is 11.7 Å². The molecule has 5 nitrogen and oxygen atoms in total. The van der Waals surface area contributed by atoms with Crippen LogP contribution in [0.4, 0.5) is 0 Å². The molecule has 1 aliphatic rings. The Morgan fingerprint density at radius 3 is 2.43 bits per heavy atom. The monoisotopic (exact) mass is 299 g/mol. The fourth-order valence-electron chi connectivity index (χ4n) is 2.75. The fourth-order valence-corrected chi connectivity index (χ4v) is 2.75. The van der Waals surface area contributed by atoms with Crippen molar-refractivity contribution in [3.8, 4) is 0 Å². The fraction of sp³-hybridized carbons (Fsp3) is 0.875. The second kappa shape index (κ2) is 9.90. The SMILES string of the molecule is CCC(=O)CCCC(=O)N1CCCCC(OC)C(OC)C1. The largest absolute Gasteiger partial charge is 0.379 e. The van der Waals surface area contributed by atoms with Gasteiger partial charge in [-0.1, -0.05) is 6.92 Å². The highest BCUT2D eigenvalue weighted by molar-refractivity contribution is 5.80. The Balaban J connectivity index is 2.50. The molecule has 0 aliphatic carbocycles. The minimum Gasteiger partial charge on any atom is -0.379 e. The highest BCUT2D eigenvalue weighted by Crippen LogP contribution is 2.17. The van der Waals surface area contributed by atoms with Crippen molar-refractivity contribution in [1.29, 1.82) is 0 Å². The van der Waals surface area contributed by atoms with E-state index in [1.54, 1.807) is 14.2 Å². The molecular formula is C16H29NO4. The molecule has 1 aliphatic heterocycles. The first kappa shape index (κ1) is 18.1. The van der Waals surface area contributed by atoms with Crippen molar-refractivity contribution in [3.05, 3.63) is 0 Å². The molecule has 0 aromatic heterocycles. The number of rotatable bonds is 7. The van der Waals surface area contributed by atoms with Crippen molar-refractivity contribution in [2.24, 2.45) is 0 Å². The number of ether oxygens (including phenoxy) is 2. The molecule has 2 unspecified atom stereocenters. The van der Waals surface area contributed by atoms with Gasteiger partial charge in [0.15, 0.2) is 0 Å². The van der Waals surface area contributed by atoms with Crippen LogP contribution < -0.4 is 0 Å². The molecule has 1 fully saturated rings. The lowest BCUT2D eigenvalue weighted by atomic mass is 10.0. The zero-order valence-corrected chi connectivity index (χ0v) is 13.6. The molecule has 0 saturated carbocycles. The number of hydrogen-bond donors (Lipinski definition) is 0. The first-order valence-corrected chi connectivity index (χ1v) is 7.97. The van der Waals surface area contributed by atoms with Gasteiger partial charge in [-0.3, -0.25) is 9.59 Å². The van der Waals surface area contributed by atoms with Gasteiger partial charge in [-0.05, 0) is 25.7 Å². The molecular weight excluding hydrogens is 270 g/mol. The molecule has 1 heterocycles. The second-order valence-electron chi connectivity index (χ2n) is 5.63. The van der Waals surface area contributed by atoms with Crippen LogP contribution in [0.5, 0.6) is 0 Å². The lowest BCUT2D eigenvalue weighted by molar-refractivity contribution is -0.136. The van der Waals surface area contributed by atoms with Crippen molar-refractivity contribution in [3.63, 3.8) is 0 Å². The van der Waals surface area contributed by atoms with Gasteiger partial charge in [-0.15, -0.1) is 0 Å². The first-order valence-electron chi connectivity index (χ1n) is 7.97. The van der Waals surface area contributed by atoms with Gasteiger partial charge in [-0.25, -0.2) is 0 Å². The quantitative estimate of drug-likeness (QED) is 0.723. The Bertz CT molecular complexity index is 332. The minimum absolute atomic E-state index is 0.0484. The maximum atomic E-state index is 12.3.